The van der Waals surface area contributed by atoms with Crippen LogP contribution in [-0.2, 0) is 30.9 Å². The fourth-order valence-electron chi connectivity index (χ4n) is 3.75. The number of hydrogen-bond acceptors (Lipinski definition) is 7. The number of piperidine rings is 1. The van der Waals surface area contributed by atoms with E-state index in [4.69, 9.17) is 16.3 Å². The smallest absolute Gasteiger partial charge is 0.326 e. The van der Waals surface area contributed by atoms with Crippen LogP contribution in [-0.4, -0.2) is 48.4 Å². The first kappa shape index (κ1) is 24.1. The number of fused-ring (bicyclic) bond motifs is 1. The lowest BCUT2D eigenvalue weighted by Crippen LogP contribution is -2.47. The molecule has 8 nitrogen and oxygen atoms in total. The summed E-state index contributed by atoms with van der Waals surface area (Å²) < 4.78 is 35.7. The fraction of sp³-hybridized carbons (Fsp3) is 0.381. The number of halogens is 1. The van der Waals surface area contributed by atoms with Crippen molar-refractivity contribution in [3.63, 3.8) is 0 Å². The van der Waals surface area contributed by atoms with Crippen LogP contribution >= 0.6 is 34.3 Å². The van der Waals surface area contributed by atoms with E-state index in [1.807, 2.05) is 24.3 Å². The number of sulfonamides is 1. The van der Waals surface area contributed by atoms with Crippen molar-refractivity contribution in [2.24, 2.45) is 4.99 Å². The summed E-state index contributed by atoms with van der Waals surface area (Å²) in [6, 6.07) is 9.49. The Bertz CT molecular complexity index is 1360. The number of rotatable bonds is 6. The molecule has 1 saturated heterocycles. The van der Waals surface area contributed by atoms with Crippen LogP contribution < -0.4 is 4.80 Å². The molecule has 1 aliphatic rings. The zero-order valence-corrected chi connectivity index (χ0v) is 21.0. The summed E-state index contributed by atoms with van der Waals surface area (Å²) in [6.45, 7) is 2.11. The summed E-state index contributed by atoms with van der Waals surface area (Å²) in [6.07, 6.45) is 1.76. The average molecular weight is 528 g/mol. The van der Waals surface area contributed by atoms with E-state index >= 15 is 0 Å². The van der Waals surface area contributed by atoms with Gasteiger partial charge in [0.05, 0.1) is 21.2 Å². The molecule has 1 fully saturated rings. The van der Waals surface area contributed by atoms with Gasteiger partial charge in [0.2, 0.25) is 0 Å². The van der Waals surface area contributed by atoms with Crippen LogP contribution in [0.25, 0.3) is 10.2 Å². The Balaban J connectivity index is 1.72. The molecule has 0 N–H and O–H groups in total. The van der Waals surface area contributed by atoms with Gasteiger partial charge in [-0.1, -0.05) is 41.5 Å². The molecule has 1 amide bonds. The first-order valence-electron chi connectivity index (χ1n) is 10.4. The molecule has 1 aliphatic heterocycles. The Morgan fingerprint density at radius 3 is 2.70 bits per heavy atom. The van der Waals surface area contributed by atoms with Gasteiger partial charge in [0.15, 0.2) is 4.80 Å². The van der Waals surface area contributed by atoms with E-state index in [0.29, 0.717) is 22.0 Å². The zero-order chi connectivity index (χ0) is 23.6. The van der Waals surface area contributed by atoms with Gasteiger partial charge in [0.1, 0.15) is 16.8 Å². The molecule has 1 aromatic carbocycles. The molecule has 0 saturated carbocycles. The van der Waals surface area contributed by atoms with Crippen LogP contribution in [0.2, 0.25) is 4.34 Å². The molecule has 2 aromatic heterocycles. The summed E-state index contributed by atoms with van der Waals surface area (Å²) in [5.41, 5.74) is 0.753. The SMILES string of the molecule is CCOC(=O)Cn1c(=NC(=O)C2CCCCN2S(=O)(=O)c2ccc(Cl)s2)sc2ccccc21. The molecule has 3 aromatic rings. The van der Waals surface area contributed by atoms with Crippen molar-refractivity contribution >= 4 is 66.4 Å². The van der Waals surface area contributed by atoms with Gasteiger partial charge in [-0.25, -0.2) is 8.42 Å². The Kier molecular flexibility index (Phi) is 7.34. The molecule has 1 unspecified atom stereocenters. The third-order valence-electron chi connectivity index (χ3n) is 5.24. The topological polar surface area (TPSA) is 98.0 Å². The lowest BCUT2D eigenvalue weighted by molar-refractivity contribution is -0.143. The molecule has 0 radical (unpaired) electrons. The van der Waals surface area contributed by atoms with Crippen molar-refractivity contribution in [1.82, 2.24) is 8.87 Å². The minimum Gasteiger partial charge on any atom is -0.465 e. The Morgan fingerprint density at radius 1 is 1.18 bits per heavy atom. The lowest BCUT2D eigenvalue weighted by atomic mass is 10.0. The molecule has 12 heteroatoms. The van der Waals surface area contributed by atoms with Crippen LogP contribution in [0.5, 0.6) is 0 Å². The quantitative estimate of drug-likeness (QED) is 0.456. The molecule has 4 rings (SSSR count). The number of carbonyl (C=O) groups is 2. The highest BCUT2D eigenvalue weighted by Gasteiger charge is 2.38. The highest BCUT2D eigenvalue weighted by Crippen LogP contribution is 2.32. The van der Waals surface area contributed by atoms with Gasteiger partial charge in [0.25, 0.3) is 15.9 Å². The van der Waals surface area contributed by atoms with Crippen LogP contribution in [0.1, 0.15) is 26.2 Å². The second kappa shape index (κ2) is 10.1. The number of carbonyl (C=O) groups excluding carboxylic acids is 2. The van der Waals surface area contributed by atoms with Gasteiger partial charge in [-0.15, -0.1) is 11.3 Å². The van der Waals surface area contributed by atoms with Gasteiger partial charge in [-0.3, -0.25) is 9.59 Å². The van der Waals surface area contributed by atoms with Gasteiger partial charge in [0, 0.05) is 6.54 Å². The minimum atomic E-state index is -3.88. The van der Waals surface area contributed by atoms with Gasteiger partial charge in [-0.2, -0.15) is 9.30 Å². The van der Waals surface area contributed by atoms with Gasteiger partial charge in [-0.05, 0) is 44.0 Å². The first-order valence-corrected chi connectivity index (χ1v) is 13.9. The number of nitrogens with zero attached hydrogens (tertiary/aromatic N) is 3. The summed E-state index contributed by atoms with van der Waals surface area (Å²) in [5.74, 6) is -0.989. The molecule has 1 atom stereocenters. The average Bonchev–Trinajstić information content (AvgIpc) is 3.38. The standard InChI is InChI=1S/C21H22ClN3O5S3/c1-2-30-18(26)13-24-14-7-3-4-9-16(14)31-21(24)23-20(27)15-8-5-6-12-25(15)33(28,29)19-11-10-17(22)32-19/h3-4,7,9-11,15H,2,5-6,8,12-13H2,1H3. The van der Waals surface area contributed by atoms with E-state index in [-0.39, 0.29) is 23.9 Å². The maximum Gasteiger partial charge on any atom is 0.326 e. The molecule has 33 heavy (non-hydrogen) atoms. The summed E-state index contributed by atoms with van der Waals surface area (Å²) in [5, 5.41) is 0. The highest BCUT2D eigenvalue weighted by atomic mass is 35.5. The zero-order valence-electron chi connectivity index (χ0n) is 17.8. The van der Waals surface area contributed by atoms with E-state index in [0.717, 1.165) is 28.0 Å². The molecule has 0 bridgehead atoms. The van der Waals surface area contributed by atoms with Crippen molar-refractivity contribution in [2.75, 3.05) is 13.2 Å². The second-order valence-electron chi connectivity index (χ2n) is 7.38. The molecule has 3 heterocycles. The second-order valence-corrected chi connectivity index (χ2v) is 12.2. The van der Waals surface area contributed by atoms with Crippen LogP contribution in [0.15, 0.2) is 45.6 Å². The van der Waals surface area contributed by atoms with Crippen molar-refractivity contribution in [3.8, 4) is 0 Å². The number of para-hydroxylation sites is 1. The lowest BCUT2D eigenvalue weighted by Gasteiger charge is -2.31. The Morgan fingerprint density at radius 2 is 1.97 bits per heavy atom. The summed E-state index contributed by atoms with van der Waals surface area (Å²) in [4.78, 5) is 30.1. The van der Waals surface area contributed by atoms with Crippen LogP contribution in [0.3, 0.4) is 0 Å². The van der Waals surface area contributed by atoms with Gasteiger partial charge >= 0.3 is 5.97 Å². The van der Waals surface area contributed by atoms with Crippen LogP contribution in [0.4, 0.5) is 0 Å². The Hall–Kier alpha value is -2.05. The third-order valence-corrected chi connectivity index (χ3v) is 9.90. The number of aromatic nitrogens is 1. The fourth-order valence-corrected chi connectivity index (χ4v) is 8.05. The number of thiazole rings is 1. The molecule has 0 spiro atoms. The third kappa shape index (κ3) is 5.07. The maximum absolute atomic E-state index is 13.3. The van der Waals surface area contributed by atoms with E-state index < -0.39 is 27.9 Å². The minimum absolute atomic E-state index is 0.0929. The van der Waals surface area contributed by atoms with Crippen molar-refractivity contribution in [3.05, 3.63) is 45.5 Å². The Labute approximate surface area is 204 Å². The predicted molar refractivity (Wildman–Crippen MR) is 128 cm³/mol. The maximum atomic E-state index is 13.3. The van der Waals surface area contributed by atoms with E-state index in [9.17, 15) is 18.0 Å². The monoisotopic (exact) mass is 527 g/mol. The largest absolute Gasteiger partial charge is 0.465 e. The summed E-state index contributed by atoms with van der Waals surface area (Å²) in [7, 11) is -3.88. The highest BCUT2D eigenvalue weighted by molar-refractivity contribution is 7.91. The van der Waals surface area contributed by atoms with Crippen LogP contribution in [0, 0.1) is 0 Å². The van der Waals surface area contributed by atoms with Crippen molar-refractivity contribution in [2.45, 2.75) is 43.0 Å². The van der Waals surface area contributed by atoms with E-state index in [2.05, 4.69) is 4.99 Å². The van der Waals surface area contributed by atoms with Crippen molar-refractivity contribution < 1.29 is 22.7 Å². The number of ether oxygens (including phenoxy) is 1. The van der Waals surface area contributed by atoms with Gasteiger partial charge < -0.3 is 9.30 Å². The predicted octanol–water partition coefficient (Wildman–Crippen LogP) is 3.65. The number of thiophene rings is 1. The molecule has 0 aliphatic carbocycles. The normalized spacial score (nSPS) is 18.0. The molecular formula is C21H22ClN3O5S3. The van der Waals surface area contributed by atoms with E-state index in [1.54, 1.807) is 11.5 Å². The number of esters is 1. The molecule has 176 valence electrons. The van der Waals surface area contributed by atoms with Crippen molar-refractivity contribution in [1.29, 1.82) is 0 Å². The number of benzene rings is 1. The molecular weight excluding hydrogens is 506 g/mol. The van der Waals surface area contributed by atoms with E-state index in [1.165, 1.54) is 27.8 Å². The number of hydrogen-bond donors (Lipinski definition) is 0. The first-order chi connectivity index (χ1) is 15.8. The number of amides is 1. The summed E-state index contributed by atoms with van der Waals surface area (Å²) >= 11 is 8.18.